The molecule has 1 rings (SSSR count). The first-order valence-corrected chi connectivity index (χ1v) is 5.86. The van der Waals surface area contributed by atoms with Crippen LogP contribution in [0.3, 0.4) is 0 Å². The third-order valence-corrected chi connectivity index (χ3v) is 3.71. The fraction of sp³-hybridized carbons (Fsp3) is 0.400. The summed E-state index contributed by atoms with van der Waals surface area (Å²) < 4.78 is -0.679. The molecular weight excluding hydrogens is 310 g/mol. The number of alkyl halides is 2. The molecule has 0 aromatic rings. The van der Waals surface area contributed by atoms with Crippen LogP contribution in [-0.2, 0) is 4.79 Å². The number of carbonyl (C=O) groups excluding carboxylic acids is 1. The summed E-state index contributed by atoms with van der Waals surface area (Å²) in [5.74, 6) is -0.0695. The molecule has 4 heteroatoms. The Morgan fingerprint density at radius 1 is 1.50 bits per heavy atom. The molecular formula is C10H11Br2NO. The first-order chi connectivity index (χ1) is 6.53. The van der Waals surface area contributed by atoms with E-state index in [1.165, 1.54) is 0 Å². The molecule has 2 nitrogen and oxygen atoms in total. The van der Waals surface area contributed by atoms with Crippen LogP contribution in [0.4, 0.5) is 0 Å². The van der Waals surface area contributed by atoms with Crippen LogP contribution in [0.1, 0.15) is 19.3 Å². The van der Waals surface area contributed by atoms with E-state index in [2.05, 4.69) is 50.1 Å². The van der Waals surface area contributed by atoms with Crippen molar-refractivity contribution in [2.45, 2.75) is 22.5 Å². The number of rotatable bonds is 2. The quantitative estimate of drug-likeness (QED) is 0.566. The molecule has 0 fully saturated rings. The molecule has 76 valence electrons. The number of hydrogen-bond acceptors (Lipinski definition) is 2. The Morgan fingerprint density at radius 3 is 2.64 bits per heavy atom. The second kappa shape index (κ2) is 4.53. The van der Waals surface area contributed by atoms with Crippen LogP contribution in [0.15, 0.2) is 28.9 Å². The second-order valence-corrected chi connectivity index (χ2v) is 6.89. The van der Waals surface area contributed by atoms with Crippen molar-refractivity contribution in [3.63, 3.8) is 0 Å². The number of allylic oxidation sites excluding steroid dienone is 3. The van der Waals surface area contributed by atoms with Crippen molar-refractivity contribution in [3.8, 4) is 0 Å². The predicted octanol–water partition coefficient (Wildman–Crippen LogP) is 3.37. The normalized spacial score (nSPS) is 21.7. The smallest absolute Gasteiger partial charge is 0.208 e. The molecule has 1 aliphatic carbocycles. The number of ketones is 1. The summed E-state index contributed by atoms with van der Waals surface area (Å²) in [7, 11) is 0. The summed E-state index contributed by atoms with van der Waals surface area (Å²) in [5, 5.41) is 0. The van der Waals surface area contributed by atoms with Gasteiger partial charge in [-0.25, -0.2) is 0 Å². The second-order valence-electron chi connectivity index (χ2n) is 3.12. The first-order valence-electron chi connectivity index (χ1n) is 4.28. The largest absolute Gasteiger partial charge is 0.290 e. The van der Waals surface area contributed by atoms with Crippen molar-refractivity contribution in [1.82, 2.24) is 0 Å². The monoisotopic (exact) mass is 319 g/mol. The van der Waals surface area contributed by atoms with Gasteiger partial charge in [-0.05, 0) is 31.6 Å². The highest BCUT2D eigenvalue weighted by Gasteiger charge is 2.36. The number of halogens is 2. The molecule has 0 bridgehead atoms. The van der Waals surface area contributed by atoms with Gasteiger partial charge in [-0.2, -0.15) is 0 Å². The predicted molar refractivity (Wildman–Crippen MR) is 66.2 cm³/mol. The van der Waals surface area contributed by atoms with Crippen LogP contribution in [-0.4, -0.2) is 15.7 Å². The Balaban J connectivity index is 3.20. The lowest BCUT2D eigenvalue weighted by atomic mass is 10.1. The molecule has 0 N–H and O–H groups in total. The SMILES string of the molecule is C=CC1=C(N=C)C(=O)C(Br)(Br)CCC1. The number of hydrogen-bond donors (Lipinski definition) is 0. The first kappa shape index (κ1) is 11.9. The van der Waals surface area contributed by atoms with Gasteiger partial charge < -0.3 is 0 Å². The van der Waals surface area contributed by atoms with E-state index < -0.39 is 3.23 Å². The average molecular weight is 321 g/mol. The van der Waals surface area contributed by atoms with Crippen molar-refractivity contribution >= 4 is 44.4 Å². The summed E-state index contributed by atoms with van der Waals surface area (Å²) in [5.41, 5.74) is 1.30. The van der Waals surface area contributed by atoms with Gasteiger partial charge in [-0.1, -0.05) is 44.5 Å². The van der Waals surface area contributed by atoms with Gasteiger partial charge in [-0.15, -0.1) is 0 Å². The van der Waals surface area contributed by atoms with Crippen molar-refractivity contribution < 1.29 is 4.79 Å². The number of carbonyl (C=O) groups is 1. The van der Waals surface area contributed by atoms with Gasteiger partial charge in [0.1, 0.15) is 8.93 Å². The van der Waals surface area contributed by atoms with Crippen molar-refractivity contribution in [3.05, 3.63) is 23.9 Å². The van der Waals surface area contributed by atoms with Crippen LogP contribution in [0.25, 0.3) is 0 Å². The Hall–Kier alpha value is -0.220. The molecule has 0 aromatic heterocycles. The Bertz CT molecular complexity index is 318. The molecule has 0 saturated heterocycles. The Labute approximate surface area is 100 Å². The molecule has 0 spiro atoms. The maximum Gasteiger partial charge on any atom is 0.208 e. The van der Waals surface area contributed by atoms with E-state index in [0.717, 1.165) is 24.8 Å². The van der Waals surface area contributed by atoms with E-state index >= 15 is 0 Å². The third kappa shape index (κ3) is 2.23. The van der Waals surface area contributed by atoms with Gasteiger partial charge in [0.15, 0.2) is 0 Å². The fourth-order valence-corrected chi connectivity index (χ4v) is 2.36. The molecule has 14 heavy (non-hydrogen) atoms. The van der Waals surface area contributed by atoms with E-state index in [4.69, 9.17) is 0 Å². The number of nitrogens with zero attached hydrogens (tertiary/aromatic N) is 1. The number of aliphatic imine (C=N–C) groups is 1. The lowest BCUT2D eigenvalue weighted by Gasteiger charge is -2.15. The molecule has 0 aromatic carbocycles. The third-order valence-electron chi connectivity index (χ3n) is 2.19. The maximum atomic E-state index is 11.9. The minimum atomic E-state index is -0.679. The minimum Gasteiger partial charge on any atom is -0.290 e. The zero-order valence-corrected chi connectivity index (χ0v) is 10.9. The highest BCUT2D eigenvalue weighted by atomic mass is 79.9. The summed E-state index contributed by atoms with van der Waals surface area (Å²) in [6.07, 6.45) is 4.16. The van der Waals surface area contributed by atoms with Gasteiger partial charge in [0, 0.05) is 0 Å². The molecule has 0 radical (unpaired) electrons. The maximum absolute atomic E-state index is 11.9. The van der Waals surface area contributed by atoms with Crippen LogP contribution in [0.2, 0.25) is 0 Å². The fourth-order valence-electron chi connectivity index (χ4n) is 1.42. The van der Waals surface area contributed by atoms with Crippen LogP contribution >= 0.6 is 31.9 Å². The average Bonchev–Trinajstić information content (AvgIpc) is 2.25. The van der Waals surface area contributed by atoms with Gasteiger partial charge in [0.05, 0.1) is 0 Å². The molecule has 0 atom stereocenters. The zero-order valence-electron chi connectivity index (χ0n) is 7.72. The summed E-state index contributed by atoms with van der Waals surface area (Å²) in [4.78, 5) is 15.7. The summed E-state index contributed by atoms with van der Waals surface area (Å²) >= 11 is 6.71. The van der Waals surface area contributed by atoms with E-state index in [-0.39, 0.29) is 5.78 Å². The van der Waals surface area contributed by atoms with Gasteiger partial charge in [0.25, 0.3) is 0 Å². The van der Waals surface area contributed by atoms with E-state index in [9.17, 15) is 4.79 Å². The molecule has 0 unspecified atom stereocenters. The number of Topliss-reactive ketones (excluding diaryl/α,β-unsaturated/α-hetero) is 1. The minimum absolute atomic E-state index is 0.0695. The van der Waals surface area contributed by atoms with E-state index in [1.54, 1.807) is 6.08 Å². The molecule has 0 aliphatic heterocycles. The van der Waals surface area contributed by atoms with Crippen LogP contribution < -0.4 is 0 Å². The standard InChI is InChI=1S/C10H11Br2NO/c1-3-7-5-4-6-10(11,12)9(14)8(7)13-2/h3H,1-2,4-6H2. The molecule has 1 aliphatic rings. The van der Waals surface area contributed by atoms with Gasteiger partial charge in [0.2, 0.25) is 5.78 Å². The lowest BCUT2D eigenvalue weighted by molar-refractivity contribution is -0.115. The van der Waals surface area contributed by atoms with Crippen molar-refractivity contribution in [2.24, 2.45) is 4.99 Å². The topological polar surface area (TPSA) is 29.4 Å². The molecule has 0 heterocycles. The van der Waals surface area contributed by atoms with Crippen LogP contribution in [0, 0.1) is 0 Å². The highest BCUT2D eigenvalue weighted by molar-refractivity contribution is 9.25. The zero-order chi connectivity index (χ0) is 10.8. The van der Waals surface area contributed by atoms with Gasteiger partial charge >= 0.3 is 0 Å². The Morgan fingerprint density at radius 2 is 2.14 bits per heavy atom. The Kier molecular flexibility index (Phi) is 3.84. The van der Waals surface area contributed by atoms with Crippen LogP contribution in [0.5, 0.6) is 0 Å². The van der Waals surface area contributed by atoms with Crippen molar-refractivity contribution in [2.75, 3.05) is 0 Å². The van der Waals surface area contributed by atoms with Gasteiger partial charge in [-0.3, -0.25) is 9.79 Å². The van der Waals surface area contributed by atoms with Crippen molar-refractivity contribution in [1.29, 1.82) is 0 Å². The summed E-state index contributed by atoms with van der Waals surface area (Å²) in [6, 6.07) is 0. The van der Waals surface area contributed by atoms with E-state index in [0.29, 0.717) is 5.70 Å². The summed E-state index contributed by atoms with van der Waals surface area (Å²) in [6.45, 7) is 7.10. The molecule has 0 saturated carbocycles. The molecule has 0 amide bonds. The van der Waals surface area contributed by atoms with E-state index in [1.807, 2.05) is 0 Å². The lowest BCUT2D eigenvalue weighted by Crippen LogP contribution is -2.24. The highest BCUT2D eigenvalue weighted by Crippen LogP contribution is 2.39.